The Morgan fingerprint density at radius 1 is 1.18 bits per heavy atom. The Balaban J connectivity index is 2.63. The Hall–Kier alpha value is -2.41. The lowest BCUT2D eigenvalue weighted by atomic mass is 10.1. The molecule has 5 N–H and O–H groups in total. The van der Waals surface area contributed by atoms with Crippen molar-refractivity contribution in [1.82, 2.24) is 10.6 Å². The maximum absolute atomic E-state index is 11.9. The van der Waals surface area contributed by atoms with Gasteiger partial charge in [-0.3, -0.25) is 14.4 Å². The smallest absolute Gasteiger partial charge is 0.253 e. The van der Waals surface area contributed by atoms with Gasteiger partial charge >= 0.3 is 0 Å². The van der Waals surface area contributed by atoms with Crippen molar-refractivity contribution < 1.29 is 14.4 Å². The molecule has 1 rings (SSSR count). The Morgan fingerprint density at radius 2 is 1.82 bits per heavy atom. The summed E-state index contributed by atoms with van der Waals surface area (Å²) in [6.07, 6.45) is 0. The molecular weight excluding hydrogens is 284 g/mol. The third kappa shape index (κ3) is 4.85. The molecule has 0 bridgehead atoms. The van der Waals surface area contributed by atoms with Crippen LogP contribution in [0.2, 0.25) is 0 Å². The molecular formula is C15H22N4O3. The third-order valence-corrected chi connectivity index (χ3v) is 3.12. The fraction of sp³-hybridized carbons (Fsp3) is 0.400. The van der Waals surface area contributed by atoms with Crippen molar-refractivity contribution in [1.29, 1.82) is 0 Å². The lowest BCUT2D eigenvalue weighted by Crippen LogP contribution is -2.46. The van der Waals surface area contributed by atoms with Gasteiger partial charge < -0.3 is 21.7 Å². The quantitative estimate of drug-likeness (QED) is 0.596. The summed E-state index contributed by atoms with van der Waals surface area (Å²) in [4.78, 5) is 35.3. The number of nitrogens with one attached hydrogen (secondary N) is 3. The monoisotopic (exact) mass is 306 g/mol. The van der Waals surface area contributed by atoms with Crippen molar-refractivity contribution in [2.75, 3.05) is 18.9 Å². The highest BCUT2D eigenvalue weighted by molar-refractivity contribution is 6.04. The van der Waals surface area contributed by atoms with Gasteiger partial charge in [-0.15, -0.1) is 0 Å². The lowest BCUT2D eigenvalue weighted by molar-refractivity contribution is -0.125. The normalized spacial score (nSPS) is 11.7. The van der Waals surface area contributed by atoms with E-state index in [0.29, 0.717) is 11.3 Å². The van der Waals surface area contributed by atoms with E-state index in [1.165, 1.54) is 7.05 Å². The molecule has 1 aromatic carbocycles. The molecule has 0 aliphatic carbocycles. The molecule has 1 aromatic rings. The van der Waals surface area contributed by atoms with E-state index in [-0.39, 0.29) is 24.3 Å². The number of rotatable bonds is 6. The fourth-order valence-electron chi connectivity index (χ4n) is 1.71. The molecule has 0 aliphatic rings. The van der Waals surface area contributed by atoms with Crippen LogP contribution in [0.4, 0.5) is 5.69 Å². The van der Waals surface area contributed by atoms with E-state index in [0.717, 1.165) is 0 Å². The average Bonchev–Trinajstić information content (AvgIpc) is 2.51. The summed E-state index contributed by atoms with van der Waals surface area (Å²) < 4.78 is 0. The van der Waals surface area contributed by atoms with Crippen LogP contribution >= 0.6 is 0 Å². The first kappa shape index (κ1) is 17.6. The van der Waals surface area contributed by atoms with Crippen LogP contribution in [0.25, 0.3) is 0 Å². The first-order valence-electron chi connectivity index (χ1n) is 7.01. The molecule has 0 fully saturated rings. The molecule has 0 heterocycles. The molecule has 3 amide bonds. The van der Waals surface area contributed by atoms with Crippen molar-refractivity contribution in [3.05, 3.63) is 29.8 Å². The van der Waals surface area contributed by atoms with E-state index >= 15 is 0 Å². The number of nitrogens with two attached hydrogens (primary N) is 1. The SMILES string of the molecule is CNC(=O)c1ccccc1NC(=O)CNC(=O)[C@@H](N)C(C)C. The second-order valence-electron chi connectivity index (χ2n) is 5.16. The topological polar surface area (TPSA) is 113 Å². The highest BCUT2D eigenvalue weighted by atomic mass is 16.2. The van der Waals surface area contributed by atoms with Crippen LogP contribution in [0.3, 0.4) is 0 Å². The summed E-state index contributed by atoms with van der Waals surface area (Å²) >= 11 is 0. The number of anilines is 1. The van der Waals surface area contributed by atoms with Gasteiger partial charge in [-0.2, -0.15) is 0 Å². The Morgan fingerprint density at radius 3 is 2.41 bits per heavy atom. The summed E-state index contributed by atoms with van der Waals surface area (Å²) in [5, 5.41) is 7.56. The van der Waals surface area contributed by atoms with Gasteiger partial charge in [-0.1, -0.05) is 26.0 Å². The molecule has 0 unspecified atom stereocenters. The van der Waals surface area contributed by atoms with Crippen LogP contribution in [0.15, 0.2) is 24.3 Å². The van der Waals surface area contributed by atoms with Gasteiger partial charge in [0.05, 0.1) is 23.8 Å². The molecule has 7 nitrogen and oxygen atoms in total. The molecule has 120 valence electrons. The zero-order chi connectivity index (χ0) is 16.7. The second-order valence-corrected chi connectivity index (χ2v) is 5.16. The zero-order valence-corrected chi connectivity index (χ0v) is 13.0. The summed E-state index contributed by atoms with van der Waals surface area (Å²) in [6.45, 7) is 3.44. The predicted molar refractivity (Wildman–Crippen MR) is 84.3 cm³/mol. The summed E-state index contributed by atoms with van der Waals surface area (Å²) in [5.41, 5.74) is 6.42. The minimum atomic E-state index is -0.661. The fourth-order valence-corrected chi connectivity index (χ4v) is 1.71. The van der Waals surface area contributed by atoms with Crippen LogP contribution in [0.1, 0.15) is 24.2 Å². The molecule has 1 atom stereocenters. The van der Waals surface area contributed by atoms with E-state index in [9.17, 15) is 14.4 Å². The van der Waals surface area contributed by atoms with Crippen LogP contribution < -0.4 is 21.7 Å². The van der Waals surface area contributed by atoms with E-state index in [1.807, 2.05) is 13.8 Å². The first-order chi connectivity index (χ1) is 10.4. The number of hydrogen-bond donors (Lipinski definition) is 4. The van der Waals surface area contributed by atoms with E-state index in [1.54, 1.807) is 24.3 Å². The highest BCUT2D eigenvalue weighted by Crippen LogP contribution is 2.14. The van der Waals surface area contributed by atoms with Crippen molar-refractivity contribution in [2.24, 2.45) is 11.7 Å². The molecule has 7 heteroatoms. The first-order valence-corrected chi connectivity index (χ1v) is 7.01. The maximum atomic E-state index is 11.9. The molecule has 0 radical (unpaired) electrons. The van der Waals surface area contributed by atoms with Gasteiger partial charge in [-0.05, 0) is 18.1 Å². The Kier molecular flexibility index (Phi) is 6.52. The minimum Gasteiger partial charge on any atom is -0.355 e. The molecule has 0 saturated carbocycles. The van der Waals surface area contributed by atoms with Crippen LogP contribution in [0.5, 0.6) is 0 Å². The summed E-state index contributed by atoms with van der Waals surface area (Å²) in [7, 11) is 1.51. The van der Waals surface area contributed by atoms with Crippen LogP contribution in [-0.2, 0) is 9.59 Å². The zero-order valence-electron chi connectivity index (χ0n) is 13.0. The van der Waals surface area contributed by atoms with Crippen molar-refractivity contribution in [3.63, 3.8) is 0 Å². The van der Waals surface area contributed by atoms with Crippen molar-refractivity contribution >= 4 is 23.4 Å². The van der Waals surface area contributed by atoms with Gasteiger partial charge in [-0.25, -0.2) is 0 Å². The molecule has 22 heavy (non-hydrogen) atoms. The highest BCUT2D eigenvalue weighted by Gasteiger charge is 2.18. The van der Waals surface area contributed by atoms with Crippen molar-refractivity contribution in [2.45, 2.75) is 19.9 Å². The van der Waals surface area contributed by atoms with Gasteiger partial charge in [0.25, 0.3) is 5.91 Å². The van der Waals surface area contributed by atoms with Gasteiger partial charge in [0, 0.05) is 7.05 Å². The average molecular weight is 306 g/mol. The predicted octanol–water partition coefficient (Wildman–Crippen LogP) is 0.0842. The second kappa shape index (κ2) is 8.14. The van der Waals surface area contributed by atoms with E-state index in [4.69, 9.17) is 5.73 Å². The number of amides is 3. The van der Waals surface area contributed by atoms with Crippen molar-refractivity contribution in [3.8, 4) is 0 Å². The number of benzene rings is 1. The summed E-state index contributed by atoms with van der Waals surface area (Å²) in [5.74, 6) is -1.14. The number of hydrogen-bond acceptors (Lipinski definition) is 4. The summed E-state index contributed by atoms with van der Waals surface area (Å²) in [6, 6.07) is 5.95. The van der Waals surface area contributed by atoms with Gasteiger partial charge in [0.15, 0.2) is 0 Å². The maximum Gasteiger partial charge on any atom is 0.253 e. The molecule has 0 aliphatic heterocycles. The Bertz CT molecular complexity index is 557. The van der Waals surface area contributed by atoms with Gasteiger partial charge in [0.2, 0.25) is 11.8 Å². The van der Waals surface area contributed by atoms with Crippen LogP contribution in [0, 0.1) is 5.92 Å². The Labute approximate surface area is 129 Å². The molecule has 0 aromatic heterocycles. The number of para-hydroxylation sites is 1. The lowest BCUT2D eigenvalue weighted by Gasteiger charge is -2.15. The molecule has 0 spiro atoms. The standard InChI is InChI=1S/C15H22N4O3/c1-9(2)13(16)15(22)18-8-12(20)19-11-7-5-4-6-10(11)14(21)17-3/h4-7,9,13H,8,16H2,1-3H3,(H,17,21)(H,18,22)(H,19,20)/t13-/m0/s1. The van der Waals surface area contributed by atoms with Gasteiger partial charge in [0.1, 0.15) is 0 Å². The largest absolute Gasteiger partial charge is 0.355 e. The number of carbonyl (C=O) groups excluding carboxylic acids is 3. The number of carbonyl (C=O) groups is 3. The third-order valence-electron chi connectivity index (χ3n) is 3.12. The minimum absolute atomic E-state index is 0.0166. The van der Waals surface area contributed by atoms with Crippen LogP contribution in [-0.4, -0.2) is 37.4 Å². The van der Waals surface area contributed by atoms with E-state index < -0.39 is 11.9 Å². The molecule has 0 saturated heterocycles. The van der Waals surface area contributed by atoms with E-state index in [2.05, 4.69) is 16.0 Å².